The average Bonchev–Trinajstić information content (AvgIpc) is 2.82. The van der Waals surface area contributed by atoms with Crippen LogP contribution < -0.4 is 14.2 Å². The number of hydrogen-bond donors (Lipinski definition) is 0. The van der Waals surface area contributed by atoms with Gasteiger partial charge >= 0.3 is 0 Å². The number of alkyl halides is 1. The van der Waals surface area contributed by atoms with Crippen LogP contribution in [0.3, 0.4) is 0 Å². The van der Waals surface area contributed by atoms with Crippen molar-refractivity contribution in [2.75, 3.05) is 27.9 Å². The van der Waals surface area contributed by atoms with Gasteiger partial charge in [-0.25, -0.2) is 0 Å². The lowest BCUT2D eigenvalue weighted by Crippen LogP contribution is -2.53. The first-order valence-corrected chi connectivity index (χ1v) is 11.2. The Balaban J connectivity index is 1.76. The zero-order valence-electron chi connectivity index (χ0n) is 18.4. The summed E-state index contributed by atoms with van der Waals surface area (Å²) in [6.07, 6.45) is 5.15. The highest BCUT2D eigenvalue weighted by Crippen LogP contribution is 2.53. The van der Waals surface area contributed by atoms with Gasteiger partial charge in [0.25, 0.3) is 5.91 Å². The van der Waals surface area contributed by atoms with Crippen molar-refractivity contribution in [3.8, 4) is 17.2 Å². The molecule has 2 aromatic carbocycles. The van der Waals surface area contributed by atoms with E-state index in [1.807, 2.05) is 23.1 Å². The second kappa shape index (κ2) is 8.99. The molecule has 1 saturated heterocycles. The molecule has 1 saturated carbocycles. The monoisotopic (exact) mass is 443 g/mol. The zero-order chi connectivity index (χ0) is 22.0. The van der Waals surface area contributed by atoms with E-state index in [1.165, 1.54) is 0 Å². The van der Waals surface area contributed by atoms with Crippen LogP contribution in [0, 0.1) is 5.92 Å². The lowest BCUT2D eigenvalue weighted by molar-refractivity contribution is 0.0279. The SMILES string of the molecule is COc1cc(C(=O)N2CC[C@@]3(Cl)CCCC[C@@H]3[C@@H]2c2ccccc2)cc(OC)c1OC. The number of carbonyl (C=O) groups is 1. The first-order valence-electron chi connectivity index (χ1n) is 10.9. The largest absolute Gasteiger partial charge is 0.493 e. The third-order valence-electron chi connectivity index (χ3n) is 6.82. The number of piperidine rings is 1. The van der Waals surface area contributed by atoms with Crippen LogP contribution in [0.4, 0.5) is 0 Å². The minimum Gasteiger partial charge on any atom is -0.493 e. The standard InChI is InChI=1S/C25H30ClNO4/c1-29-20-15-18(16-21(30-2)23(20)31-3)24(28)27-14-13-25(26)12-8-7-11-19(25)22(27)17-9-5-4-6-10-17/h4-6,9-10,15-16,19,22H,7-8,11-14H2,1-3H3/t19-,22+,25+/m1/s1. The van der Waals surface area contributed by atoms with Gasteiger partial charge in [0.15, 0.2) is 11.5 Å². The molecule has 31 heavy (non-hydrogen) atoms. The highest BCUT2D eigenvalue weighted by Gasteiger charge is 2.50. The first-order chi connectivity index (χ1) is 15.0. The molecule has 166 valence electrons. The summed E-state index contributed by atoms with van der Waals surface area (Å²) in [5.74, 6) is 1.61. The molecule has 5 nitrogen and oxygen atoms in total. The minimum absolute atomic E-state index is 0.0441. The zero-order valence-corrected chi connectivity index (χ0v) is 19.2. The van der Waals surface area contributed by atoms with Crippen molar-refractivity contribution in [1.29, 1.82) is 0 Å². The molecule has 2 aromatic rings. The summed E-state index contributed by atoms with van der Waals surface area (Å²) in [5.41, 5.74) is 1.66. The number of methoxy groups -OCH3 is 3. The molecular weight excluding hydrogens is 414 g/mol. The Morgan fingerprint density at radius 3 is 2.29 bits per heavy atom. The lowest BCUT2D eigenvalue weighted by Gasteiger charge is -2.52. The molecule has 0 N–H and O–H groups in total. The first kappa shape index (κ1) is 21.8. The fourth-order valence-electron chi connectivity index (χ4n) is 5.30. The summed E-state index contributed by atoms with van der Waals surface area (Å²) < 4.78 is 16.4. The molecule has 2 fully saturated rings. The van der Waals surface area contributed by atoms with Crippen molar-refractivity contribution in [2.24, 2.45) is 5.92 Å². The Hall–Kier alpha value is -2.40. The second-order valence-electron chi connectivity index (χ2n) is 8.40. The van der Waals surface area contributed by atoms with Crippen LogP contribution in [0.25, 0.3) is 0 Å². The average molecular weight is 444 g/mol. The summed E-state index contributed by atoms with van der Waals surface area (Å²) in [7, 11) is 4.67. The third-order valence-corrected chi connectivity index (χ3v) is 7.48. The maximum Gasteiger partial charge on any atom is 0.254 e. The summed E-state index contributed by atoms with van der Waals surface area (Å²) in [6, 6.07) is 13.7. The lowest BCUT2D eigenvalue weighted by atomic mass is 9.68. The molecule has 0 spiro atoms. The van der Waals surface area contributed by atoms with Gasteiger partial charge in [-0.05, 0) is 37.0 Å². The maximum absolute atomic E-state index is 13.8. The molecule has 3 atom stereocenters. The number of nitrogens with zero attached hydrogens (tertiary/aromatic N) is 1. The summed E-state index contributed by atoms with van der Waals surface area (Å²) in [4.78, 5) is 15.6. The smallest absolute Gasteiger partial charge is 0.254 e. The molecule has 0 radical (unpaired) electrons. The van der Waals surface area contributed by atoms with Crippen molar-refractivity contribution >= 4 is 17.5 Å². The van der Waals surface area contributed by atoms with E-state index in [0.717, 1.165) is 37.7 Å². The van der Waals surface area contributed by atoms with Crippen LogP contribution >= 0.6 is 11.6 Å². The number of amides is 1. The molecule has 1 aliphatic heterocycles. The quantitative estimate of drug-likeness (QED) is 0.575. The number of likely N-dealkylation sites (tertiary alicyclic amines) is 1. The van der Waals surface area contributed by atoms with Crippen molar-refractivity contribution in [2.45, 2.75) is 43.0 Å². The summed E-state index contributed by atoms with van der Waals surface area (Å²) in [6.45, 7) is 0.620. The number of halogens is 1. The number of rotatable bonds is 5. The molecule has 0 unspecified atom stereocenters. The molecule has 6 heteroatoms. The maximum atomic E-state index is 13.8. The molecular formula is C25H30ClNO4. The van der Waals surface area contributed by atoms with Crippen LogP contribution in [-0.2, 0) is 0 Å². The van der Waals surface area contributed by atoms with Crippen LogP contribution in [0.5, 0.6) is 17.2 Å². The van der Waals surface area contributed by atoms with Gasteiger partial charge in [-0.3, -0.25) is 4.79 Å². The van der Waals surface area contributed by atoms with Crippen molar-refractivity contribution in [1.82, 2.24) is 4.90 Å². The molecule has 4 rings (SSSR count). The van der Waals surface area contributed by atoms with E-state index in [9.17, 15) is 4.79 Å². The summed E-state index contributed by atoms with van der Waals surface area (Å²) in [5, 5.41) is 0. The van der Waals surface area contributed by atoms with Gasteiger partial charge in [0.2, 0.25) is 5.75 Å². The van der Waals surface area contributed by atoms with Gasteiger partial charge in [0.1, 0.15) is 0 Å². The van der Waals surface area contributed by atoms with E-state index in [-0.39, 0.29) is 22.7 Å². The van der Waals surface area contributed by atoms with Gasteiger partial charge in [-0.15, -0.1) is 11.6 Å². The highest BCUT2D eigenvalue weighted by atomic mass is 35.5. The molecule has 0 bridgehead atoms. The van der Waals surface area contributed by atoms with Crippen molar-refractivity contribution < 1.29 is 19.0 Å². The van der Waals surface area contributed by atoms with E-state index >= 15 is 0 Å². The number of fused-ring (bicyclic) bond motifs is 1. The number of carbonyl (C=O) groups excluding carboxylic acids is 1. The number of ether oxygens (including phenoxy) is 3. The van der Waals surface area contributed by atoms with Crippen LogP contribution in [0.15, 0.2) is 42.5 Å². The van der Waals surface area contributed by atoms with Crippen LogP contribution in [0.1, 0.15) is 54.1 Å². The topological polar surface area (TPSA) is 48.0 Å². The predicted molar refractivity (Wildman–Crippen MR) is 121 cm³/mol. The van der Waals surface area contributed by atoms with E-state index in [4.69, 9.17) is 25.8 Å². The Labute approximate surface area is 189 Å². The number of hydrogen-bond acceptors (Lipinski definition) is 4. The molecule has 1 amide bonds. The van der Waals surface area contributed by atoms with Gasteiger partial charge in [0, 0.05) is 18.0 Å². The third kappa shape index (κ3) is 3.96. The fourth-order valence-corrected chi connectivity index (χ4v) is 5.75. The highest BCUT2D eigenvalue weighted by molar-refractivity contribution is 6.24. The summed E-state index contributed by atoms with van der Waals surface area (Å²) >= 11 is 7.18. The Morgan fingerprint density at radius 1 is 1.00 bits per heavy atom. The predicted octanol–water partition coefficient (Wildman–Crippen LogP) is 5.47. The van der Waals surface area contributed by atoms with Crippen LogP contribution in [-0.4, -0.2) is 43.6 Å². The number of benzene rings is 2. The van der Waals surface area contributed by atoms with Crippen molar-refractivity contribution in [3.05, 3.63) is 53.6 Å². The van der Waals surface area contributed by atoms with E-state index < -0.39 is 0 Å². The molecule has 2 aliphatic rings. The normalized spacial score (nSPS) is 25.5. The van der Waals surface area contributed by atoms with Gasteiger partial charge in [0.05, 0.1) is 32.2 Å². The molecule has 1 heterocycles. The van der Waals surface area contributed by atoms with Crippen LogP contribution in [0.2, 0.25) is 0 Å². The van der Waals surface area contributed by atoms with Crippen molar-refractivity contribution in [3.63, 3.8) is 0 Å². The van der Waals surface area contributed by atoms with E-state index in [0.29, 0.717) is 29.4 Å². The molecule has 0 aromatic heterocycles. The van der Waals surface area contributed by atoms with E-state index in [2.05, 4.69) is 12.1 Å². The second-order valence-corrected chi connectivity index (χ2v) is 9.16. The van der Waals surface area contributed by atoms with Gasteiger partial charge < -0.3 is 19.1 Å². The Kier molecular flexibility index (Phi) is 6.33. The van der Waals surface area contributed by atoms with E-state index in [1.54, 1.807) is 33.5 Å². The minimum atomic E-state index is -0.245. The Morgan fingerprint density at radius 2 is 1.68 bits per heavy atom. The van der Waals surface area contributed by atoms with Gasteiger partial charge in [-0.2, -0.15) is 0 Å². The fraction of sp³-hybridized carbons (Fsp3) is 0.480. The molecule has 1 aliphatic carbocycles. The Bertz CT molecular complexity index is 909. The van der Waals surface area contributed by atoms with Gasteiger partial charge in [-0.1, -0.05) is 43.2 Å².